The van der Waals surface area contributed by atoms with Gasteiger partial charge in [-0.25, -0.2) is 9.78 Å². The van der Waals surface area contributed by atoms with Crippen LogP contribution in [0.1, 0.15) is 23.9 Å². The molecule has 2 aromatic carbocycles. The molecular weight excluding hydrogens is 474 g/mol. The van der Waals surface area contributed by atoms with Gasteiger partial charge in [-0.3, -0.25) is 0 Å². The first kappa shape index (κ1) is 24.3. The number of rotatable bonds is 10. The lowest BCUT2D eigenvalue weighted by Crippen LogP contribution is -2.28. The molecule has 6 nitrogen and oxygen atoms in total. The van der Waals surface area contributed by atoms with Crippen molar-refractivity contribution < 1.29 is 23.4 Å². The minimum atomic E-state index is -0.630. The van der Waals surface area contributed by atoms with Crippen LogP contribution in [0, 0.1) is 6.92 Å². The number of esters is 1. The number of halogens is 1. The summed E-state index contributed by atoms with van der Waals surface area (Å²) < 4.78 is 23.5. The maximum Gasteiger partial charge on any atom is 0.335 e. The predicted molar refractivity (Wildman–Crippen MR) is 134 cm³/mol. The predicted octanol–water partition coefficient (Wildman–Crippen LogP) is 6.26. The monoisotopic (exact) mass is 499 g/mol. The first-order valence-corrected chi connectivity index (χ1v) is 12.3. The van der Waals surface area contributed by atoms with E-state index in [0.717, 1.165) is 38.4 Å². The molecule has 8 heteroatoms. The summed E-state index contributed by atoms with van der Waals surface area (Å²) in [7, 11) is 1.38. The van der Waals surface area contributed by atoms with Crippen LogP contribution >= 0.6 is 22.9 Å². The zero-order chi connectivity index (χ0) is 24.1. The highest BCUT2D eigenvalue weighted by Crippen LogP contribution is 2.34. The molecule has 1 atom stereocenters. The van der Waals surface area contributed by atoms with Crippen molar-refractivity contribution in [1.29, 1.82) is 0 Å². The fourth-order valence-electron chi connectivity index (χ4n) is 3.76. The SMILES string of the molecule is CCOC(Cc1ccc(OCCc2nc(-c3ccc(Cl)cc3)oc2C)c2sccc12)C(=O)OC. The third-order valence-corrected chi connectivity index (χ3v) is 6.67. The van der Waals surface area contributed by atoms with Crippen molar-refractivity contribution in [2.75, 3.05) is 20.3 Å². The second kappa shape index (κ2) is 11.0. The lowest BCUT2D eigenvalue weighted by Gasteiger charge is -2.16. The van der Waals surface area contributed by atoms with E-state index in [9.17, 15) is 4.79 Å². The lowest BCUT2D eigenvalue weighted by atomic mass is 10.0. The van der Waals surface area contributed by atoms with Crippen molar-refractivity contribution in [3.63, 3.8) is 0 Å². The van der Waals surface area contributed by atoms with Gasteiger partial charge in [0.2, 0.25) is 5.89 Å². The van der Waals surface area contributed by atoms with Gasteiger partial charge >= 0.3 is 5.97 Å². The van der Waals surface area contributed by atoms with Crippen LogP contribution in [-0.4, -0.2) is 37.4 Å². The van der Waals surface area contributed by atoms with E-state index in [0.29, 0.717) is 37.0 Å². The van der Waals surface area contributed by atoms with E-state index in [-0.39, 0.29) is 5.97 Å². The molecule has 2 aromatic heterocycles. The molecule has 2 heterocycles. The van der Waals surface area contributed by atoms with E-state index >= 15 is 0 Å². The van der Waals surface area contributed by atoms with Crippen LogP contribution in [0.2, 0.25) is 5.02 Å². The van der Waals surface area contributed by atoms with Crippen LogP contribution < -0.4 is 4.74 Å². The fourth-order valence-corrected chi connectivity index (χ4v) is 4.80. The van der Waals surface area contributed by atoms with Crippen molar-refractivity contribution >= 4 is 39.0 Å². The Morgan fingerprint density at radius 2 is 1.97 bits per heavy atom. The normalized spacial score (nSPS) is 12.1. The molecule has 34 heavy (non-hydrogen) atoms. The minimum Gasteiger partial charge on any atom is -0.492 e. The number of thiophene rings is 1. The molecule has 0 aliphatic rings. The maximum atomic E-state index is 12.1. The minimum absolute atomic E-state index is 0.369. The average Bonchev–Trinajstić information content (AvgIpc) is 3.47. The summed E-state index contributed by atoms with van der Waals surface area (Å²) in [6.07, 6.45) is 0.432. The number of oxazole rings is 1. The highest BCUT2D eigenvalue weighted by atomic mass is 35.5. The van der Waals surface area contributed by atoms with Crippen molar-refractivity contribution in [2.45, 2.75) is 32.8 Å². The van der Waals surface area contributed by atoms with E-state index in [1.165, 1.54) is 7.11 Å². The number of carbonyl (C=O) groups is 1. The Balaban J connectivity index is 1.45. The first-order valence-electron chi connectivity index (χ1n) is 11.0. The molecule has 0 saturated heterocycles. The molecule has 4 rings (SSSR count). The van der Waals surface area contributed by atoms with E-state index < -0.39 is 6.10 Å². The largest absolute Gasteiger partial charge is 0.492 e. The Kier molecular flexibility index (Phi) is 7.88. The Morgan fingerprint density at radius 1 is 1.18 bits per heavy atom. The molecular formula is C26H26ClNO5S. The second-order valence-electron chi connectivity index (χ2n) is 7.68. The standard InChI is InChI=1S/C26H26ClNO5S/c1-4-31-23(26(29)30-3)15-18-7-10-22(24-20(18)12-14-34-24)32-13-11-21-16(2)33-25(28-21)17-5-8-19(27)9-6-17/h5-10,12,14,23H,4,11,13,15H2,1-3H3. The number of benzene rings is 2. The van der Waals surface area contributed by atoms with Gasteiger partial charge in [-0.2, -0.15) is 0 Å². The smallest absolute Gasteiger partial charge is 0.335 e. The molecule has 0 bridgehead atoms. The average molecular weight is 500 g/mol. The molecule has 0 aliphatic carbocycles. The quantitative estimate of drug-likeness (QED) is 0.240. The van der Waals surface area contributed by atoms with Crippen molar-refractivity contribution in [2.24, 2.45) is 0 Å². The number of aromatic nitrogens is 1. The molecule has 0 N–H and O–H groups in total. The molecule has 178 valence electrons. The maximum absolute atomic E-state index is 12.1. The van der Waals surface area contributed by atoms with Gasteiger partial charge in [-0.1, -0.05) is 17.7 Å². The fraction of sp³-hybridized carbons (Fsp3) is 0.308. The molecule has 0 amide bonds. The number of carbonyl (C=O) groups excluding carboxylic acids is 1. The molecule has 0 fully saturated rings. The second-order valence-corrected chi connectivity index (χ2v) is 9.04. The first-order chi connectivity index (χ1) is 16.5. The highest BCUT2D eigenvalue weighted by Gasteiger charge is 2.22. The lowest BCUT2D eigenvalue weighted by molar-refractivity contribution is -0.153. The number of hydrogen-bond donors (Lipinski definition) is 0. The Hall–Kier alpha value is -2.87. The highest BCUT2D eigenvalue weighted by molar-refractivity contribution is 7.17. The number of ether oxygens (including phenoxy) is 3. The van der Waals surface area contributed by atoms with Crippen LogP contribution in [0.4, 0.5) is 0 Å². The number of aryl methyl sites for hydroxylation is 1. The van der Waals surface area contributed by atoms with Crippen molar-refractivity contribution in [3.05, 3.63) is 69.9 Å². The van der Waals surface area contributed by atoms with Crippen molar-refractivity contribution in [3.8, 4) is 17.2 Å². The third-order valence-electron chi connectivity index (χ3n) is 5.49. The van der Waals surface area contributed by atoms with Gasteiger partial charge in [0.15, 0.2) is 6.10 Å². The van der Waals surface area contributed by atoms with Gasteiger partial charge in [0.05, 0.1) is 24.1 Å². The van der Waals surface area contributed by atoms with Crippen LogP contribution in [0.3, 0.4) is 0 Å². The van der Waals surface area contributed by atoms with Crippen LogP contribution in [0.25, 0.3) is 21.5 Å². The van der Waals surface area contributed by atoms with E-state index in [4.69, 9.17) is 30.2 Å². The Morgan fingerprint density at radius 3 is 2.71 bits per heavy atom. The molecule has 0 aliphatic heterocycles. The summed E-state index contributed by atoms with van der Waals surface area (Å²) >= 11 is 7.58. The summed E-state index contributed by atoms with van der Waals surface area (Å²) in [4.78, 5) is 16.7. The van der Waals surface area contributed by atoms with Crippen LogP contribution in [0.15, 0.2) is 52.3 Å². The summed E-state index contributed by atoms with van der Waals surface area (Å²) in [5.41, 5.74) is 2.77. The zero-order valence-corrected chi connectivity index (χ0v) is 20.9. The summed E-state index contributed by atoms with van der Waals surface area (Å²) in [6.45, 7) is 4.67. The number of nitrogens with zero attached hydrogens (tertiary/aromatic N) is 1. The number of fused-ring (bicyclic) bond motifs is 1. The van der Waals surface area contributed by atoms with Gasteiger partial charge in [-0.05, 0) is 66.6 Å². The van der Waals surface area contributed by atoms with Gasteiger partial charge in [0.25, 0.3) is 0 Å². The third kappa shape index (κ3) is 5.43. The number of methoxy groups -OCH3 is 1. The van der Waals surface area contributed by atoms with E-state index in [2.05, 4.69) is 4.98 Å². The van der Waals surface area contributed by atoms with Crippen molar-refractivity contribution in [1.82, 2.24) is 4.98 Å². The summed E-state index contributed by atoms with van der Waals surface area (Å²) in [6, 6.07) is 13.4. The zero-order valence-electron chi connectivity index (χ0n) is 19.3. The molecule has 1 unspecified atom stereocenters. The Bertz CT molecular complexity index is 1260. The van der Waals surface area contributed by atoms with E-state index in [1.54, 1.807) is 11.3 Å². The van der Waals surface area contributed by atoms with Gasteiger partial charge in [-0.15, -0.1) is 11.3 Å². The molecule has 4 aromatic rings. The van der Waals surface area contributed by atoms with Crippen LogP contribution in [-0.2, 0) is 27.1 Å². The Labute approximate surface area is 207 Å². The number of hydrogen-bond acceptors (Lipinski definition) is 7. The topological polar surface area (TPSA) is 70.8 Å². The van der Waals surface area contributed by atoms with E-state index in [1.807, 2.05) is 61.7 Å². The summed E-state index contributed by atoms with van der Waals surface area (Å²) in [5.74, 6) is 1.78. The molecule has 0 saturated carbocycles. The van der Waals surface area contributed by atoms with Gasteiger partial charge in [0.1, 0.15) is 11.5 Å². The van der Waals surface area contributed by atoms with Gasteiger partial charge in [0, 0.05) is 30.0 Å². The molecule has 0 radical (unpaired) electrons. The molecule has 0 spiro atoms. The van der Waals surface area contributed by atoms with Crippen LogP contribution in [0.5, 0.6) is 5.75 Å². The summed E-state index contributed by atoms with van der Waals surface area (Å²) in [5, 5.41) is 3.75. The van der Waals surface area contributed by atoms with Gasteiger partial charge < -0.3 is 18.6 Å².